The maximum atomic E-state index is 12.8. The van der Waals surface area contributed by atoms with Crippen LogP contribution in [-0.4, -0.2) is 5.78 Å². The van der Waals surface area contributed by atoms with Gasteiger partial charge in [0.2, 0.25) is 5.78 Å². The van der Waals surface area contributed by atoms with E-state index in [9.17, 15) is 4.79 Å². The third-order valence-electron chi connectivity index (χ3n) is 3.19. The second kappa shape index (κ2) is 6.34. The molecule has 0 unspecified atom stereocenters. The molecule has 3 aromatic rings. The molecule has 0 saturated carbocycles. The number of hydrogen-bond donors (Lipinski definition) is 0. The first kappa shape index (κ1) is 14.8. The van der Waals surface area contributed by atoms with E-state index in [0.29, 0.717) is 21.2 Å². The van der Waals surface area contributed by atoms with Crippen LogP contribution in [0.2, 0.25) is 5.02 Å². The zero-order valence-corrected chi connectivity index (χ0v) is 13.4. The maximum Gasteiger partial charge on any atom is 0.203 e. The summed E-state index contributed by atoms with van der Waals surface area (Å²) in [5.74, 6) is 0.628. The lowest BCUT2D eigenvalue weighted by molar-refractivity contribution is 0.106. The lowest BCUT2D eigenvalue weighted by atomic mass is 10.00. The van der Waals surface area contributed by atoms with Crippen LogP contribution in [0.5, 0.6) is 0 Å². The number of Topliss-reactive ketones (excluding diaryl/α,β-unsaturated/α-hetero) is 1. The predicted molar refractivity (Wildman–Crippen MR) is 91.4 cm³/mol. The van der Waals surface area contributed by atoms with Crippen molar-refractivity contribution in [1.29, 1.82) is 0 Å². The Morgan fingerprint density at radius 2 is 1.91 bits per heavy atom. The molecule has 0 aliphatic rings. The summed E-state index contributed by atoms with van der Waals surface area (Å²) in [5.41, 5.74) is 1.41. The Bertz CT molecular complexity index is 811. The third-order valence-corrected chi connectivity index (χ3v) is 4.45. The van der Waals surface area contributed by atoms with Gasteiger partial charge in [-0.2, -0.15) is 0 Å². The molecule has 0 spiro atoms. The Hall–Kier alpha value is -2.10. The van der Waals surface area contributed by atoms with Gasteiger partial charge in [0.1, 0.15) is 5.76 Å². The van der Waals surface area contributed by atoms with Crippen LogP contribution in [0.25, 0.3) is 11.6 Å². The van der Waals surface area contributed by atoms with E-state index in [1.807, 2.05) is 37.3 Å². The molecule has 0 aliphatic carbocycles. The molecule has 22 heavy (non-hydrogen) atoms. The number of benzene rings is 1. The van der Waals surface area contributed by atoms with Crippen LogP contribution in [0.15, 0.2) is 59.2 Å². The Kier molecular flexibility index (Phi) is 4.27. The maximum absolute atomic E-state index is 12.8. The fraction of sp³-hybridized carbons (Fsp3) is 0.0556. The van der Waals surface area contributed by atoms with Crippen molar-refractivity contribution in [3.8, 4) is 0 Å². The number of ketones is 1. The van der Waals surface area contributed by atoms with E-state index in [2.05, 4.69) is 0 Å². The molecule has 0 bridgehead atoms. The molecule has 2 aromatic heterocycles. The normalized spacial score (nSPS) is 11.6. The van der Waals surface area contributed by atoms with Crippen molar-refractivity contribution >= 4 is 40.4 Å². The molecule has 0 fully saturated rings. The monoisotopic (exact) mass is 328 g/mol. The van der Waals surface area contributed by atoms with Gasteiger partial charge in [0.25, 0.3) is 0 Å². The summed E-state index contributed by atoms with van der Waals surface area (Å²) in [4.78, 5) is 14.7. The van der Waals surface area contributed by atoms with Gasteiger partial charge in [0, 0.05) is 15.5 Å². The van der Waals surface area contributed by atoms with E-state index in [0.717, 1.165) is 10.4 Å². The highest BCUT2D eigenvalue weighted by molar-refractivity contribution is 7.14. The molecule has 1 aromatic carbocycles. The number of rotatable bonds is 4. The molecule has 0 amide bonds. The summed E-state index contributed by atoms with van der Waals surface area (Å²) in [7, 11) is 0. The smallest absolute Gasteiger partial charge is 0.203 e. The van der Waals surface area contributed by atoms with Crippen molar-refractivity contribution in [1.82, 2.24) is 0 Å². The van der Waals surface area contributed by atoms with Gasteiger partial charge in [-0.15, -0.1) is 11.3 Å². The first-order valence-electron chi connectivity index (χ1n) is 6.76. The number of furan rings is 1. The van der Waals surface area contributed by atoms with Crippen LogP contribution in [0.1, 0.15) is 25.9 Å². The van der Waals surface area contributed by atoms with Crippen LogP contribution >= 0.6 is 22.9 Å². The minimum atomic E-state index is -0.0168. The standard InChI is InChI=1S/C18H13ClO2S/c1-12-4-9-17(22-12)18(20)16(11-15-3-2-10-21-15)13-5-7-14(19)8-6-13/h2-11H,1H3/b16-11+. The van der Waals surface area contributed by atoms with Crippen molar-refractivity contribution in [2.45, 2.75) is 6.92 Å². The topological polar surface area (TPSA) is 30.2 Å². The van der Waals surface area contributed by atoms with Crippen LogP contribution in [0.3, 0.4) is 0 Å². The van der Waals surface area contributed by atoms with Crippen molar-refractivity contribution in [2.75, 3.05) is 0 Å². The van der Waals surface area contributed by atoms with Gasteiger partial charge >= 0.3 is 0 Å². The third kappa shape index (κ3) is 3.21. The van der Waals surface area contributed by atoms with Gasteiger partial charge < -0.3 is 4.42 Å². The number of allylic oxidation sites excluding steroid dienone is 1. The van der Waals surface area contributed by atoms with E-state index < -0.39 is 0 Å². The molecule has 2 heterocycles. The summed E-state index contributed by atoms with van der Waals surface area (Å²) in [6, 6.07) is 14.7. The lowest BCUT2D eigenvalue weighted by Crippen LogP contribution is -2.00. The Balaban J connectivity index is 2.07. The van der Waals surface area contributed by atoms with E-state index >= 15 is 0 Å². The second-order valence-electron chi connectivity index (χ2n) is 4.82. The fourth-order valence-corrected chi connectivity index (χ4v) is 3.06. The highest BCUT2D eigenvalue weighted by atomic mass is 35.5. The van der Waals surface area contributed by atoms with Crippen molar-refractivity contribution < 1.29 is 9.21 Å². The average molecular weight is 329 g/mol. The molecule has 0 radical (unpaired) electrons. The molecule has 4 heteroatoms. The average Bonchev–Trinajstić information content (AvgIpc) is 3.17. The number of carbonyl (C=O) groups excluding carboxylic acids is 1. The van der Waals surface area contributed by atoms with Gasteiger partial charge in [-0.3, -0.25) is 4.79 Å². The predicted octanol–water partition coefficient (Wildman–Crippen LogP) is 5.73. The number of carbonyl (C=O) groups is 1. The number of aryl methyl sites for hydroxylation is 1. The lowest BCUT2D eigenvalue weighted by Gasteiger charge is -2.06. The van der Waals surface area contributed by atoms with E-state index in [1.165, 1.54) is 11.3 Å². The number of halogens is 1. The van der Waals surface area contributed by atoms with Crippen LogP contribution in [0.4, 0.5) is 0 Å². The number of hydrogen-bond acceptors (Lipinski definition) is 3. The Labute approximate surface area is 137 Å². The van der Waals surface area contributed by atoms with Gasteiger partial charge in [-0.05, 0) is 55.0 Å². The van der Waals surface area contributed by atoms with Crippen molar-refractivity contribution in [3.63, 3.8) is 0 Å². The van der Waals surface area contributed by atoms with Crippen LogP contribution in [-0.2, 0) is 0 Å². The van der Waals surface area contributed by atoms with E-state index in [4.69, 9.17) is 16.0 Å². The molecule has 2 nitrogen and oxygen atoms in total. The zero-order chi connectivity index (χ0) is 15.5. The minimum absolute atomic E-state index is 0.0168. The summed E-state index contributed by atoms with van der Waals surface area (Å²) in [5, 5.41) is 0.639. The van der Waals surface area contributed by atoms with E-state index in [-0.39, 0.29) is 5.78 Å². The summed E-state index contributed by atoms with van der Waals surface area (Å²) in [6.07, 6.45) is 3.35. The molecular formula is C18H13ClO2S. The Morgan fingerprint density at radius 3 is 2.50 bits per heavy atom. The van der Waals surface area contributed by atoms with Gasteiger partial charge in [-0.1, -0.05) is 23.7 Å². The first-order valence-corrected chi connectivity index (χ1v) is 7.95. The summed E-state index contributed by atoms with van der Waals surface area (Å²) < 4.78 is 5.35. The zero-order valence-electron chi connectivity index (χ0n) is 11.9. The highest BCUT2D eigenvalue weighted by Gasteiger charge is 2.16. The molecular weight excluding hydrogens is 316 g/mol. The second-order valence-corrected chi connectivity index (χ2v) is 6.54. The SMILES string of the molecule is Cc1ccc(C(=O)/C(=C/c2ccco2)c2ccc(Cl)cc2)s1. The molecule has 0 saturated heterocycles. The van der Waals surface area contributed by atoms with Crippen LogP contribution in [0, 0.1) is 6.92 Å². The van der Waals surface area contributed by atoms with Gasteiger partial charge in [-0.25, -0.2) is 0 Å². The van der Waals surface area contributed by atoms with Crippen LogP contribution < -0.4 is 0 Å². The summed E-state index contributed by atoms with van der Waals surface area (Å²) in [6.45, 7) is 1.99. The molecule has 0 aliphatic heterocycles. The quantitative estimate of drug-likeness (QED) is 0.452. The molecule has 3 rings (SSSR count). The molecule has 0 atom stereocenters. The fourth-order valence-electron chi connectivity index (χ4n) is 2.11. The molecule has 110 valence electrons. The number of thiophene rings is 1. The largest absolute Gasteiger partial charge is 0.465 e. The molecule has 0 N–H and O–H groups in total. The van der Waals surface area contributed by atoms with Crippen molar-refractivity contribution in [3.05, 3.63) is 80.9 Å². The van der Waals surface area contributed by atoms with E-state index in [1.54, 1.807) is 30.5 Å². The van der Waals surface area contributed by atoms with Crippen molar-refractivity contribution in [2.24, 2.45) is 0 Å². The van der Waals surface area contributed by atoms with Gasteiger partial charge in [0.15, 0.2) is 0 Å². The van der Waals surface area contributed by atoms with Gasteiger partial charge in [0.05, 0.1) is 11.1 Å². The Morgan fingerprint density at radius 1 is 1.14 bits per heavy atom. The first-order chi connectivity index (χ1) is 10.6. The highest BCUT2D eigenvalue weighted by Crippen LogP contribution is 2.27. The minimum Gasteiger partial charge on any atom is -0.465 e. The summed E-state index contributed by atoms with van der Waals surface area (Å²) >= 11 is 7.43.